The Morgan fingerprint density at radius 1 is 1.00 bits per heavy atom. The van der Waals surface area contributed by atoms with Gasteiger partial charge in [0.05, 0.1) is 5.38 Å². The smallest absolute Gasteiger partial charge is 0.128 e. The van der Waals surface area contributed by atoms with E-state index in [1.165, 1.54) is 19.1 Å². The first-order chi connectivity index (χ1) is 8.97. The van der Waals surface area contributed by atoms with Gasteiger partial charge in [-0.05, 0) is 43.5 Å². The van der Waals surface area contributed by atoms with Crippen molar-refractivity contribution in [2.75, 3.05) is 0 Å². The summed E-state index contributed by atoms with van der Waals surface area (Å²) < 4.78 is 27.3. The molecule has 0 nitrogen and oxygen atoms in total. The van der Waals surface area contributed by atoms with Gasteiger partial charge in [0, 0.05) is 5.56 Å². The van der Waals surface area contributed by atoms with Gasteiger partial charge in [-0.25, -0.2) is 8.78 Å². The van der Waals surface area contributed by atoms with Crippen LogP contribution in [0.4, 0.5) is 8.78 Å². The van der Waals surface area contributed by atoms with Crippen LogP contribution in [0.15, 0.2) is 36.4 Å². The van der Waals surface area contributed by atoms with E-state index in [1.807, 2.05) is 31.2 Å². The number of aryl methyl sites for hydroxylation is 2. The van der Waals surface area contributed by atoms with Crippen molar-refractivity contribution in [1.82, 2.24) is 0 Å². The Balaban J connectivity index is 2.22. The molecule has 3 heteroatoms. The molecular formula is C16H15ClF2. The van der Waals surface area contributed by atoms with Gasteiger partial charge in [-0.3, -0.25) is 0 Å². The Kier molecular flexibility index (Phi) is 4.20. The Morgan fingerprint density at radius 2 is 1.63 bits per heavy atom. The largest absolute Gasteiger partial charge is 0.207 e. The molecular weight excluding hydrogens is 266 g/mol. The molecule has 1 unspecified atom stereocenters. The molecule has 0 aromatic heterocycles. The van der Waals surface area contributed by atoms with Crippen LogP contribution in [0.25, 0.3) is 0 Å². The molecule has 0 aliphatic carbocycles. The Bertz CT molecular complexity index is 576. The minimum atomic E-state index is -0.571. The maximum atomic E-state index is 13.8. The topological polar surface area (TPSA) is 0 Å². The lowest BCUT2D eigenvalue weighted by Crippen LogP contribution is -2.01. The van der Waals surface area contributed by atoms with Gasteiger partial charge in [0.15, 0.2) is 0 Å². The minimum absolute atomic E-state index is 0.213. The third kappa shape index (κ3) is 3.32. The average Bonchev–Trinajstić information content (AvgIpc) is 2.36. The molecule has 0 radical (unpaired) electrons. The van der Waals surface area contributed by atoms with Gasteiger partial charge < -0.3 is 0 Å². The minimum Gasteiger partial charge on any atom is -0.207 e. The molecule has 0 bridgehead atoms. The molecule has 0 amide bonds. The predicted molar refractivity (Wildman–Crippen MR) is 74.6 cm³/mol. The fourth-order valence-corrected chi connectivity index (χ4v) is 2.29. The summed E-state index contributed by atoms with van der Waals surface area (Å²) in [5.41, 5.74) is 2.67. The molecule has 100 valence electrons. The molecule has 0 saturated carbocycles. The summed E-state index contributed by atoms with van der Waals surface area (Å²) in [6.45, 7) is 3.53. The summed E-state index contributed by atoms with van der Waals surface area (Å²) in [5.74, 6) is -0.878. The molecule has 2 aromatic carbocycles. The van der Waals surface area contributed by atoms with Crippen LogP contribution < -0.4 is 0 Å². The number of alkyl halides is 1. The highest BCUT2D eigenvalue weighted by Crippen LogP contribution is 2.29. The van der Waals surface area contributed by atoms with Crippen molar-refractivity contribution in [2.45, 2.75) is 25.6 Å². The highest BCUT2D eigenvalue weighted by molar-refractivity contribution is 6.20. The van der Waals surface area contributed by atoms with Crippen LogP contribution in [0, 0.1) is 25.5 Å². The molecule has 2 rings (SSSR count). The standard InChI is InChI=1S/C16H15ClF2/c1-10-3-5-12(6-4-10)8-14(17)13-9-15(18)11(2)7-16(13)19/h3-7,9,14H,8H2,1-2H3. The van der Waals surface area contributed by atoms with Gasteiger partial charge >= 0.3 is 0 Å². The molecule has 0 fully saturated rings. The SMILES string of the molecule is Cc1ccc(CC(Cl)c2cc(F)c(C)cc2F)cc1. The van der Waals surface area contributed by atoms with Crippen molar-refractivity contribution < 1.29 is 8.78 Å². The molecule has 0 heterocycles. The van der Waals surface area contributed by atoms with Crippen molar-refractivity contribution in [3.63, 3.8) is 0 Å². The highest BCUT2D eigenvalue weighted by Gasteiger charge is 2.16. The summed E-state index contributed by atoms with van der Waals surface area (Å²) in [6, 6.07) is 10.2. The average molecular weight is 281 g/mol. The summed E-state index contributed by atoms with van der Waals surface area (Å²) >= 11 is 6.20. The molecule has 0 aliphatic heterocycles. The third-order valence-corrected chi connectivity index (χ3v) is 3.54. The Morgan fingerprint density at radius 3 is 2.26 bits per heavy atom. The number of hydrogen-bond donors (Lipinski definition) is 0. The highest BCUT2D eigenvalue weighted by atomic mass is 35.5. The van der Waals surface area contributed by atoms with Gasteiger partial charge in [-0.1, -0.05) is 29.8 Å². The second-order valence-corrected chi connectivity index (χ2v) is 5.31. The van der Waals surface area contributed by atoms with Crippen molar-refractivity contribution in [2.24, 2.45) is 0 Å². The van der Waals surface area contributed by atoms with E-state index in [0.29, 0.717) is 12.0 Å². The normalized spacial score (nSPS) is 12.5. The zero-order valence-corrected chi connectivity index (χ0v) is 11.6. The molecule has 1 atom stereocenters. The first kappa shape index (κ1) is 14.0. The zero-order chi connectivity index (χ0) is 14.0. The lowest BCUT2D eigenvalue weighted by atomic mass is 10.0. The summed E-state index contributed by atoms with van der Waals surface area (Å²) in [5, 5.41) is -0.571. The van der Waals surface area contributed by atoms with E-state index in [1.54, 1.807) is 0 Å². The van der Waals surface area contributed by atoms with Crippen molar-refractivity contribution in [1.29, 1.82) is 0 Å². The molecule has 2 aromatic rings. The maximum absolute atomic E-state index is 13.8. The Hall–Kier alpha value is -1.41. The Labute approximate surface area is 117 Å². The number of hydrogen-bond acceptors (Lipinski definition) is 0. The summed E-state index contributed by atoms with van der Waals surface area (Å²) in [4.78, 5) is 0. The fraction of sp³-hybridized carbons (Fsp3) is 0.250. The quantitative estimate of drug-likeness (QED) is 0.686. The van der Waals surface area contributed by atoms with Gasteiger partial charge in [-0.2, -0.15) is 0 Å². The monoisotopic (exact) mass is 280 g/mol. The summed E-state index contributed by atoms with van der Waals surface area (Å²) in [7, 11) is 0. The molecule has 19 heavy (non-hydrogen) atoms. The zero-order valence-electron chi connectivity index (χ0n) is 10.9. The maximum Gasteiger partial charge on any atom is 0.128 e. The second kappa shape index (κ2) is 5.70. The first-order valence-electron chi connectivity index (χ1n) is 6.12. The van der Waals surface area contributed by atoms with E-state index in [-0.39, 0.29) is 5.56 Å². The van der Waals surface area contributed by atoms with Crippen molar-refractivity contribution >= 4 is 11.6 Å². The van der Waals surface area contributed by atoms with E-state index in [4.69, 9.17) is 11.6 Å². The van der Waals surface area contributed by atoms with Crippen LogP contribution >= 0.6 is 11.6 Å². The predicted octanol–water partition coefficient (Wildman–Crippen LogP) is 5.10. The number of benzene rings is 2. The first-order valence-corrected chi connectivity index (χ1v) is 6.56. The lowest BCUT2D eigenvalue weighted by molar-refractivity contribution is 0.575. The van der Waals surface area contributed by atoms with Gasteiger partial charge in [0.2, 0.25) is 0 Å². The van der Waals surface area contributed by atoms with Crippen LogP contribution in [0.2, 0.25) is 0 Å². The lowest BCUT2D eigenvalue weighted by Gasteiger charge is -2.12. The molecule has 0 saturated heterocycles. The van der Waals surface area contributed by atoms with Gasteiger partial charge in [0.25, 0.3) is 0 Å². The van der Waals surface area contributed by atoms with E-state index in [2.05, 4.69) is 0 Å². The van der Waals surface area contributed by atoms with Gasteiger partial charge in [0.1, 0.15) is 11.6 Å². The van der Waals surface area contributed by atoms with Crippen LogP contribution in [0.1, 0.15) is 27.6 Å². The van der Waals surface area contributed by atoms with Crippen LogP contribution in [0.5, 0.6) is 0 Å². The molecule has 0 aliphatic rings. The van der Waals surface area contributed by atoms with Crippen LogP contribution in [-0.4, -0.2) is 0 Å². The van der Waals surface area contributed by atoms with Crippen LogP contribution in [0.3, 0.4) is 0 Å². The van der Waals surface area contributed by atoms with Gasteiger partial charge in [-0.15, -0.1) is 11.6 Å². The number of halogens is 3. The van der Waals surface area contributed by atoms with E-state index in [9.17, 15) is 8.78 Å². The van der Waals surface area contributed by atoms with Crippen LogP contribution in [-0.2, 0) is 6.42 Å². The van der Waals surface area contributed by atoms with E-state index < -0.39 is 17.0 Å². The number of rotatable bonds is 3. The second-order valence-electron chi connectivity index (χ2n) is 4.78. The molecule has 0 spiro atoms. The molecule has 0 N–H and O–H groups in total. The fourth-order valence-electron chi connectivity index (χ4n) is 1.94. The van der Waals surface area contributed by atoms with E-state index in [0.717, 1.165) is 11.1 Å². The summed E-state index contributed by atoms with van der Waals surface area (Å²) in [6.07, 6.45) is 0.473. The third-order valence-electron chi connectivity index (χ3n) is 3.15. The van der Waals surface area contributed by atoms with E-state index >= 15 is 0 Å². The van der Waals surface area contributed by atoms with Crippen molar-refractivity contribution in [3.05, 3.63) is 70.3 Å². The van der Waals surface area contributed by atoms with Crippen molar-refractivity contribution in [3.8, 4) is 0 Å².